The maximum Gasteiger partial charge on any atom is 0.269 e. The quantitative estimate of drug-likeness (QED) is 0.599. The highest BCUT2D eigenvalue weighted by atomic mass is 35.5. The molecule has 2 aromatic carbocycles. The van der Waals surface area contributed by atoms with Gasteiger partial charge in [-0.3, -0.25) is 14.9 Å². The van der Waals surface area contributed by atoms with Gasteiger partial charge in [0.15, 0.2) is 0 Å². The fourth-order valence-corrected chi connectivity index (χ4v) is 3.16. The molecule has 0 saturated carbocycles. The Bertz CT molecular complexity index is 803. The van der Waals surface area contributed by atoms with Crippen LogP contribution in [0.1, 0.15) is 10.4 Å². The largest absolute Gasteiger partial charge is 0.368 e. The number of hydrogen-bond acceptors (Lipinski definition) is 4. The lowest BCUT2D eigenvalue weighted by atomic mass is 10.1. The summed E-state index contributed by atoms with van der Waals surface area (Å²) in [6, 6.07) is 11.3. The first-order valence-electron chi connectivity index (χ1n) is 7.69. The number of carbonyl (C=O) groups is 1. The van der Waals surface area contributed by atoms with Crippen molar-refractivity contribution in [3.8, 4) is 0 Å². The third-order valence-corrected chi connectivity index (χ3v) is 4.72. The highest BCUT2D eigenvalue weighted by Crippen LogP contribution is 2.24. The maximum absolute atomic E-state index is 12.6. The van der Waals surface area contributed by atoms with Crippen LogP contribution in [0.4, 0.5) is 11.4 Å². The molecule has 6 nitrogen and oxygen atoms in total. The van der Waals surface area contributed by atoms with Crippen LogP contribution in [0.25, 0.3) is 0 Å². The molecule has 0 unspecified atom stereocenters. The molecule has 1 aliphatic rings. The minimum atomic E-state index is -0.422. The number of nitro benzene ring substituents is 1. The zero-order valence-corrected chi connectivity index (χ0v) is 14.7. The number of piperazine rings is 1. The van der Waals surface area contributed by atoms with Gasteiger partial charge in [-0.2, -0.15) is 0 Å². The molecule has 0 aromatic heterocycles. The monoisotopic (exact) mass is 379 g/mol. The predicted octanol–water partition coefficient (Wildman–Crippen LogP) is 3.86. The Hall–Kier alpha value is -2.31. The number of nitro groups is 1. The lowest BCUT2D eigenvalue weighted by Crippen LogP contribution is -2.48. The van der Waals surface area contributed by atoms with Gasteiger partial charge in [0, 0.05) is 49.0 Å². The molecule has 1 heterocycles. The number of hydrogen-bond donors (Lipinski definition) is 0. The van der Waals surface area contributed by atoms with Crippen LogP contribution >= 0.6 is 23.2 Å². The lowest BCUT2D eigenvalue weighted by Gasteiger charge is -2.36. The van der Waals surface area contributed by atoms with E-state index in [0.29, 0.717) is 41.8 Å². The van der Waals surface area contributed by atoms with Gasteiger partial charge in [0.25, 0.3) is 11.6 Å². The van der Waals surface area contributed by atoms with Gasteiger partial charge >= 0.3 is 0 Å². The van der Waals surface area contributed by atoms with Crippen molar-refractivity contribution in [2.75, 3.05) is 31.1 Å². The van der Waals surface area contributed by atoms with Crippen molar-refractivity contribution in [3.05, 3.63) is 68.2 Å². The van der Waals surface area contributed by atoms with Crippen LogP contribution < -0.4 is 4.90 Å². The zero-order chi connectivity index (χ0) is 18.0. The summed E-state index contributed by atoms with van der Waals surface area (Å²) in [7, 11) is 0. The average molecular weight is 380 g/mol. The highest BCUT2D eigenvalue weighted by molar-refractivity contribution is 6.35. The van der Waals surface area contributed by atoms with Crippen LogP contribution in [-0.4, -0.2) is 41.9 Å². The molecule has 1 aliphatic heterocycles. The summed E-state index contributed by atoms with van der Waals surface area (Å²) in [4.78, 5) is 26.7. The SMILES string of the molecule is O=C(c1cc(Cl)ccc1Cl)N1CCN(c2ccc([N+](=O)[O-])cc2)CC1. The molecule has 0 bridgehead atoms. The number of rotatable bonds is 3. The number of halogens is 2. The molecule has 3 rings (SSSR count). The number of carbonyl (C=O) groups excluding carboxylic acids is 1. The zero-order valence-electron chi connectivity index (χ0n) is 13.2. The summed E-state index contributed by atoms with van der Waals surface area (Å²) in [5.74, 6) is -0.143. The van der Waals surface area contributed by atoms with E-state index in [-0.39, 0.29) is 11.6 Å². The van der Waals surface area contributed by atoms with Gasteiger partial charge in [-0.05, 0) is 30.3 Å². The fraction of sp³-hybridized carbons (Fsp3) is 0.235. The third kappa shape index (κ3) is 3.86. The van der Waals surface area contributed by atoms with Crippen molar-refractivity contribution >= 4 is 40.5 Å². The van der Waals surface area contributed by atoms with Crippen molar-refractivity contribution < 1.29 is 9.72 Å². The van der Waals surface area contributed by atoms with Crippen LogP contribution in [0, 0.1) is 10.1 Å². The van der Waals surface area contributed by atoms with E-state index < -0.39 is 4.92 Å². The van der Waals surface area contributed by atoms with Gasteiger partial charge in [0.1, 0.15) is 0 Å². The smallest absolute Gasteiger partial charge is 0.269 e. The van der Waals surface area contributed by atoms with Gasteiger partial charge < -0.3 is 9.80 Å². The predicted molar refractivity (Wildman–Crippen MR) is 97.7 cm³/mol. The Balaban J connectivity index is 1.66. The molecule has 0 aliphatic carbocycles. The van der Waals surface area contributed by atoms with Gasteiger partial charge in [0.05, 0.1) is 15.5 Å². The molecule has 2 aromatic rings. The van der Waals surface area contributed by atoms with Gasteiger partial charge in [0.2, 0.25) is 0 Å². The lowest BCUT2D eigenvalue weighted by molar-refractivity contribution is -0.384. The van der Waals surface area contributed by atoms with Crippen molar-refractivity contribution in [3.63, 3.8) is 0 Å². The van der Waals surface area contributed by atoms with Crippen molar-refractivity contribution in [1.29, 1.82) is 0 Å². The average Bonchev–Trinajstić information content (AvgIpc) is 2.63. The number of non-ortho nitro benzene ring substituents is 1. The molecule has 1 saturated heterocycles. The summed E-state index contributed by atoms with van der Waals surface area (Å²) in [6.07, 6.45) is 0. The van der Waals surface area contributed by atoms with E-state index in [1.807, 2.05) is 0 Å². The summed E-state index contributed by atoms with van der Waals surface area (Å²) < 4.78 is 0. The van der Waals surface area contributed by atoms with Gasteiger partial charge in [-0.1, -0.05) is 23.2 Å². The van der Waals surface area contributed by atoms with E-state index in [9.17, 15) is 14.9 Å². The molecule has 0 radical (unpaired) electrons. The van der Waals surface area contributed by atoms with E-state index in [0.717, 1.165) is 5.69 Å². The minimum Gasteiger partial charge on any atom is -0.368 e. The Morgan fingerprint density at radius 3 is 2.24 bits per heavy atom. The third-order valence-electron chi connectivity index (χ3n) is 4.15. The van der Waals surface area contributed by atoms with Gasteiger partial charge in [-0.15, -0.1) is 0 Å². The Kier molecular flexibility index (Phi) is 5.11. The Morgan fingerprint density at radius 1 is 1.00 bits per heavy atom. The molecular formula is C17H15Cl2N3O3. The van der Waals surface area contributed by atoms with E-state index >= 15 is 0 Å². The summed E-state index contributed by atoms with van der Waals surface area (Å²) in [5, 5.41) is 11.6. The second kappa shape index (κ2) is 7.29. The van der Waals surface area contributed by atoms with Crippen LogP contribution in [0.15, 0.2) is 42.5 Å². The van der Waals surface area contributed by atoms with E-state index in [1.54, 1.807) is 35.2 Å². The first kappa shape index (κ1) is 17.5. The summed E-state index contributed by atoms with van der Waals surface area (Å²) in [5.41, 5.74) is 1.37. The van der Waals surface area contributed by atoms with Crippen molar-refractivity contribution in [2.45, 2.75) is 0 Å². The first-order valence-corrected chi connectivity index (χ1v) is 8.45. The highest BCUT2D eigenvalue weighted by Gasteiger charge is 2.24. The maximum atomic E-state index is 12.6. The minimum absolute atomic E-state index is 0.0631. The Labute approximate surface area is 154 Å². The van der Waals surface area contributed by atoms with Crippen molar-refractivity contribution in [2.24, 2.45) is 0 Å². The topological polar surface area (TPSA) is 66.7 Å². The molecule has 25 heavy (non-hydrogen) atoms. The molecule has 0 N–H and O–H groups in total. The van der Waals surface area contributed by atoms with E-state index in [1.165, 1.54) is 12.1 Å². The standard InChI is InChI=1S/C17H15Cl2N3O3/c18-12-1-6-16(19)15(11-12)17(23)21-9-7-20(8-10-21)13-2-4-14(5-3-13)22(24)25/h1-6,11H,7-10H2. The van der Waals surface area contributed by atoms with Crippen LogP contribution in [-0.2, 0) is 0 Å². The summed E-state index contributed by atoms with van der Waals surface area (Å²) in [6.45, 7) is 2.36. The van der Waals surface area contributed by atoms with E-state index in [2.05, 4.69) is 4.90 Å². The molecule has 0 atom stereocenters. The molecular weight excluding hydrogens is 365 g/mol. The van der Waals surface area contributed by atoms with Gasteiger partial charge in [-0.25, -0.2) is 0 Å². The number of anilines is 1. The number of nitrogens with zero attached hydrogens (tertiary/aromatic N) is 3. The first-order chi connectivity index (χ1) is 12.0. The molecule has 1 fully saturated rings. The second-order valence-electron chi connectivity index (χ2n) is 5.68. The summed E-state index contributed by atoms with van der Waals surface area (Å²) >= 11 is 12.1. The van der Waals surface area contributed by atoms with Crippen LogP contribution in [0.5, 0.6) is 0 Å². The normalized spacial score (nSPS) is 14.5. The molecule has 130 valence electrons. The molecule has 1 amide bonds. The Morgan fingerprint density at radius 2 is 1.64 bits per heavy atom. The molecule has 0 spiro atoms. The van der Waals surface area contributed by atoms with E-state index in [4.69, 9.17) is 23.2 Å². The molecule has 8 heteroatoms. The fourth-order valence-electron chi connectivity index (χ4n) is 2.78. The second-order valence-corrected chi connectivity index (χ2v) is 6.52. The van der Waals surface area contributed by atoms with Crippen molar-refractivity contribution in [1.82, 2.24) is 4.90 Å². The number of amides is 1. The van der Waals surface area contributed by atoms with Crippen LogP contribution in [0.2, 0.25) is 10.0 Å². The number of benzene rings is 2. The van der Waals surface area contributed by atoms with Crippen LogP contribution in [0.3, 0.4) is 0 Å².